The Hall–Kier alpha value is -1.71. The molecule has 0 aromatic carbocycles. The largest absolute Gasteiger partial charge is 0.458 e. The van der Waals surface area contributed by atoms with Crippen molar-refractivity contribution in [3.8, 4) is 0 Å². The molecule has 31 heavy (non-hydrogen) atoms. The molecule has 0 unspecified atom stereocenters. The van der Waals surface area contributed by atoms with E-state index in [4.69, 9.17) is 4.74 Å². The molecule has 0 bridgehead atoms. The van der Waals surface area contributed by atoms with E-state index in [2.05, 4.69) is 26.8 Å². The summed E-state index contributed by atoms with van der Waals surface area (Å²) >= 11 is 0. The van der Waals surface area contributed by atoms with Gasteiger partial charge in [-0.15, -0.1) is 0 Å². The number of rotatable bonds is 7. The summed E-state index contributed by atoms with van der Waals surface area (Å²) in [4.78, 5) is 37.7. The molecule has 4 nitrogen and oxygen atoms in total. The number of esters is 1. The molecule has 0 saturated heterocycles. The van der Waals surface area contributed by atoms with Gasteiger partial charge in [0.2, 0.25) is 0 Å². The fourth-order valence-electron chi connectivity index (χ4n) is 7.19. The lowest BCUT2D eigenvalue weighted by atomic mass is 9.48. The van der Waals surface area contributed by atoms with Gasteiger partial charge < -0.3 is 4.74 Å². The fraction of sp³-hybridized carbons (Fsp3) is 0.741. The third-order valence-corrected chi connectivity index (χ3v) is 9.02. The van der Waals surface area contributed by atoms with Crippen molar-refractivity contribution < 1.29 is 19.1 Å². The van der Waals surface area contributed by atoms with Gasteiger partial charge in [-0.05, 0) is 67.6 Å². The van der Waals surface area contributed by atoms with Crippen molar-refractivity contribution in [3.63, 3.8) is 0 Å². The van der Waals surface area contributed by atoms with Gasteiger partial charge in [0.25, 0.3) is 0 Å². The predicted octanol–water partition coefficient (Wildman–Crippen LogP) is 5.75. The molecule has 170 valence electrons. The number of Topliss-reactive ketones (excluding diaryl/α,β-unsaturated/α-hetero) is 1. The zero-order valence-electron chi connectivity index (χ0n) is 19.5. The van der Waals surface area contributed by atoms with E-state index in [0.29, 0.717) is 36.4 Å². The minimum Gasteiger partial charge on any atom is -0.458 e. The van der Waals surface area contributed by atoms with E-state index >= 15 is 0 Å². The van der Waals surface area contributed by atoms with Crippen molar-refractivity contribution in [2.24, 2.45) is 28.6 Å². The zero-order valence-corrected chi connectivity index (χ0v) is 19.5. The van der Waals surface area contributed by atoms with Crippen LogP contribution in [0.2, 0.25) is 0 Å². The SMILES string of the molecule is CCCCCCCC(=O)O[C@H]1C[C@@H]2[C@H](CC[C@]3(C)C(=O)CC[C@@H]23)[C@@]2(C)C=CC(=O)C=C12. The Kier molecular flexibility index (Phi) is 6.29. The average Bonchev–Trinajstić information content (AvgIpc) is 3.04. The van der Waals surface area contributed by atoms with Crippen molar-refractivity contribution >= 4 is 17.5 Å². The summed E-state index contributed by atoms with van der Waals surface area (Å²) in [7, 11) is 0. The Balaban J connectivity index is 1.53. The van der Waals surface area contributed by atoms with Crippen molar-refractivity contribution in [1.82, 2.24) is 0 Å². The first-order valence-electron chi connectivity index (χ1n) is 12.5. The van der Waals surface area contributed by atoms with Gasteiger partial charge in [0.1, 0.15) is 11.9 Å². The van der Waals surface area contributed by atoms with Gasteiger partial charge in [-0.1, -0.05) is 52.5 Å². The number of fused-ring (bicyclic) bond motifs is 5. The smallest absolute Gasteiger partial charge is 0.306 e. The summed E-state index contributed by atoms with van der Waals surface area (Å²) in [6.45, 7) is 6.56. The van der Waals surface area contributed by atoms with E-state index in [1.165, 1.54) is 12.8 Å². The Morgan fingerprint density at radius 3 is 2.65 bits per heavy atom. The molecule has 4 heteroatoms. The van der Waals surface area contributed by atoms with Crippen LogP contribution in [0.25, 0.3) is 0 Å². The van der Waals surface area contributed by atoms with E-state index in [0.717, 1.165) is 50.5 Å². The molecule has 0 spiro atoms. The second-order valence-electron chi connectivity index (χ2n) is 10.8. The van der Waals surface area contributed by atoms with Crippen LogP contribution in [0.5, 0.6) is 0 Å². The van der Waals surface area contributed by atoms with Crippen molar-refractivity contribution in [3.05, 3.63) is 23.8 Å². The molecule has 0 heterocycles. The van der Waals surface area contributed by atoms with Gasteiger partial charge in [0, 0.05) is 23.7 Å². The van der Waals surface area contributed by atoms with Gasteiger partial charge in [-0.25, -0.2) is 0 Å². The molecule has 4 aliphatic carbocycles. The molecule has 4 aliphatic rings. The minimum atomic E-state index is -0.346. The Bertz CT molecular complexity index is 808. The molecule has 3 fully saturated rings. The Labute approximate surface area is 186 Å². The number of hydrogen-bond acceptors (Lipinski definition) is 4. The number of allylic oxidation sites excluding steroid dienone is 3. The normalized spacial score (nSPS) is 38.9. The molecule has 0 aromatic heterocycles. The highest BCUT2D eigenvalue weighted by molar-refractivity contribution is 6.01. The van der Waals surface area contributed by atoms with E-state index in [1.807, 2.05) is 0 Å². The summed E-state index contributed by atoms with van der Waals surface area (Å²) < 4.78 is 6.06. The summed E-state index contributed by atoms with van der Waals surface area (Å²) in [6.07, 6.45) is 15.4. The van der Waals surface area contributed by atoms with Crippen LogP contribution in [-0.2, 0) is 19.1 Å². The molecule has 0 N–H and O–H groups in total. The molecule has 0 aromatic rings. The maximum absolute atomic E-state index is 12.7. The third-order valence-electron chi connectivity index (χ3n) is 9.02. The van der Waals surface area contributed by atoms with Crippen LogP contribution < -0.4 is 0 Å². The highest BCUT2D eigenvalue weighted by Gasteiger charge is 2.60. The monoisotopic (exact) mass is 426 g/mol. The molecule has 0 amide bonds. The minimum absolute atomic E-state index is 0.0109. The first kappa shape index (κ1) is 22.5. The molecule has 0 aliphatic heterocycles. The lowest BCUT2D eigenvalue weighted by molar-refractivity contribution is -0.154. The van der Waals surface area contributed by atoms with Gasteiger partial charge in [0.05, 0.1) is 0 Å². The van der Waals surface area contributed by atoms with Crippen LogP contribution in [0, 0.1) is 28.6 Å². The van der Waals surface area contributed by atoms with Crippen LogP contribution in [0.3, 0.4) is 0 Å². The third kappa shape index (κ3) is 3.96. The first-order chi connectivity index (χ1) is 14.8. The molecular weight excluding hydrogens is 388 g/mol. The summed E-state index contributed by atoms with van der Waals surface area (Å²) in [5.74, 6) is 1.37. The van der Waals surface area contributed by atoms with E-state index < -0.39 is 0 Å². The molecule has 4 rings (SSSR count). The van der Waals surface area contributed by atoms with Gasteiger partial charge in [-0.2, -0.15) is 0 Å². The number of carbonyl (C=O) groups is 3. The highest BCUT2D eigenvalue weighted by atomic mass is 16.5. The van der Waals surface area contributed by atoms with Gasteiger partial charge in [-0.3, -0.25) is 14.4 Å². The average molecular weight is 427 g/mol. The molecule has 6 atom stereocenters. The first-order valence-corrected chi connectivity index (χ1v) is 12.5. The standard InChI is InChI=1S/C27H38O4/c1-4-5-6-7-8-9-25(30)31-23-17-19-20-10-11-24(29)27(20,3)15-13-21(19)26(2)14-12-18(28)16-22(23)26/h12,14,16,19-21,23H,4-11,13,15,17H2,1-3H3/t19-,20-,21-,23-,26+,27-/m0/s1. The van der Waals surface area contributed by atoms with Crippen LogP contribution in [0.4, 0.5) is 0 Å². The lowest BCUT2D eigenvalue weighted by Crippen LogP contribution is -2.53. The summed E-state index contributed by atoms with van der Waals surface area (Å²) in [5.41, 5.74) is 0.491. The Morgan fingerprint density at radius 1 is 1.10 bits per heavy atom. The number of hydrogen-bond donors (Lipinski definition) is 0. The number of ketones is 2. The van der Waals surface area contributed by atoms with Crippen molar-refractivity contribution in [2.75, 3.05) is 0 Å². The zero-order chi connectivity index (χ0) is 22.2. The van der Waals surface area contributed by atoms with E-state index in [1.54, 1.807) is 12.2 Å². The lowest BCUT2D eigenvalue weighted by Gasteiger charge is -2.57. The van der Waals surface area contributed by atoms with Crippen molar-refractivity contribution in [2.45, 2.75) is 97.5 Å². The van der Waals surface area contributed by atoms with E-state index in [-0.39, 0.29) is 28.7 Å². The fourth-order valence-corrected chi connectivity index (χ4v) is 7.19. The number of ether oxygens (including phenoxy) is 1. The number of unbranched alkanes of at least 4 members (excludes halogenated alkanes) is 4. The number of carbonyl (C=O) groups excluding carboxylic acids is 3. The molecule has 3 saturated carbocycles. The second kappa shape index (κ2) is 8.67. The van der Waals surface area contributed by atoms with Crippen LogP contribution >= 0.6 is 0 Å². The van der Waals surface area contributed by atoms with Crippen LogP contribution in [-0.4, -0.2) is 23.6 Å². The maximum Gasteiger partial charge on any atom is 0.306 e. The highest BCUT2D eigenvalue weighted by Crippen LogP contribution is 2.63. The molecular formula is C27H38O4. The van der Waals surface area contributed by atoms with E-state index in [9.17, 15) is 14.4 Å². The van der Waals surface area contributed by atoms with Gasteiger partial charge in [0.15, 0.2) is 5.78 Å². The topological polar surface area (TPSA) is 60.4 Å². The van der Waals surface area contributed by atoms with Crippen LogP contribution in [0.15, 0.2) is 23.8 Å². The second-order valence-corrected chi connectivity index (χ2v) is 10.8. The Morgan fingerprint density at radius 2 is 1.87 bits per heavy atom. The van der Waals surface area contributed by atoms with Crippen molar-refractivity contribution in [1.29, 1.82) is 0 Å². The van der Waals surface area contributed by atoms with Gasteiger partial charge >= 0.3 is 5.97 Å². The maximum atomic E-state index is 12.7. The molecule has 0 radical (unpaired) electrons. The summed E-state index contributed by atoms with van der Waals surface area (Å²) in [5, 5.41) is 0. The summed E-state index contributed by atoms with van der Waals surface area (Å²) in [6, 6.07) is 0. The van der Waals surface area contributed by atoms with Crippen LogP contribution in [0.1, 0.15) is 91.4 Å². The predicted molar refractivity (Wildman–Crippen MR) is 120 cm³/mol. The quantitative estimate of drug-likeness (QED) is 0.384.